The highest BCUT2D eigenvalue weighted by molar-refractivity contribution is 5.22. The zero-order valence-corrected chi connectivity index (χ0v) is 11.9. The summed E-state index contributed by atoms with van der Waals surface area (Å²) in [6.45, 7) is 2.12. The topological polar surface area (TPSA) is 48.1 Å². The zero-order valence-electron chi connectivity index (χ0n) is 11.9. The van der Waals surface area contributed by atoms with Gasteiger partial charge in [-0.15, -0.1) is 0 Å². The van der Waals surface area contributed by atoms with Gasteiger partial charge < -0.3 is 10.5 Å². The van der Waals surface area contributed by atoms with Crippen LogP contribution in [0.4, 0.5) is 8.78 Å². The lowest BCUT2D eigenvalue weighted by Gasteiger charge is -2.09. The Morgan fingerprint density at radius 1 is 1.19 bits per heavy atom. The average molecular weight is 292 g/mol. The van der Waals surface area contributed by atoms with Gasteiger partial charge >= 0.3 is 0 Å². The zero-order chi connectivity index (χ0) is 15.2. The van der Waals surface area contributed by atoms with Gasteiger partial charge in [-0.3, -0.25) is 4.98 Å². The third kappa shape index (κ3) is 4.79. The van der Waals surface area contributed by atoms with Gasteiger partial charge in [-0.25, -0.2) is 8.78 Å². The van der Waals surface area contributed by atoms with Crippen LogP contribution in [-0.2, 0) is 13.0 Å². The van der Waals surface area contributed by atoms with Crippen LogP contribution >= 0.6 is 0 Å². The second-order valence-electron chi connectivity index (χ2n) is 4.92. The van der Waals surface area contributed by atoms with E-state index in [4.69, 9.17) is 10.5 Å². The molecule has 0 aliphatic heterocycles. The Labute approximate surface area is 122 Å². The molecule has 0 amide bonds. The molecule has 0 radical (unpaired) electrons. The molecule has 0 fully saturated rings. The van der Waals surface area contributed by atoms with Gasteiger partial charge in [-0.2, -0.15) is 0 Å². The molecule has 1 unspecified atom stereocenters. The molecule has 0 aliphatic rings. The van der Waals surface area contributed by atoms with Crippen molar-refractivity contribution in [1.82, 2.24) is 4.98 Å². The number of pyridine rings is 1. The molecule has 2 aromatic rings. The quantitative estimate of drug-likeness (QED) is 0.889. The summed E-state index contributed by atoms with van der Waals surface area (Å²) in [5, 5.41) is 0. The first-order chi connectivity index (χ1) is 10.1. The number of halogens is 2. The number of hydrogen-bond acceptors (Lipinski definition) is 3. The van der Waals surface area contributed by atoms with E-state index in [-0.39, 0.29) is 12.6 Å². The van der Waals surface area contributed by atoms with Crippen LogP contribution < -0.4 is 10.5 Å². The van der Waals surface area contributed by atoms with Gasteiger partial charge in [0.25, 0.3) is 0 Å². The van der Waals surface area contributed by atoms with Gasteiger partial charge in [-0.1, -0.05) is 6.92 Å². The predicted molar refractivity (Wildman–Crippen MR) is 76.9 cm³/mol. The molecule has 3 nitrogen and oxygen atoms in total. The number of ether oxygens (including phenoxy) is 1. The second kappa shape index (κ2) is 7.13. The molecule has 0 saturated heterocycles. The summed E-state index contributed by atoms with van der Waals surface area (Å²) in [5.74, 6) is -0.681. The van der Waals surface area contributed by atoms with Crippen molar-refractivity contribution >= 4 is 0 Å². The van der Waals surface area contributed by atoms with Crippen LogP contribution in [0, 0.1) is 11.6 Å². The van der Waals surface area contributed by atoms with Gasteiger partial charge in [0.05, 0.1) is 6.20 Å². The number of nitrogens with two attached hydrogens (primary N) is 1. The first kappa shape index (κ1) is 15.4. The van der Waals surface area contributed by atoms with E-state index in [0.29, 0.717) is 17.7 Å². The van der Waals surface area contributed by atoms with Crippen molar-refractivity contribution in [2.45, 2.75) is 32.4 Å². The minimum atomic E-state index is -0.615. The molecular weight excluding hydrogens is 274 g/mol. The van der Waals surface area contributed by atoms with Gasteiger partial charge in [-0.05, 0) is 36.2 Å². The fourth-order valence-electron chi connectivity index (χ4n) is 1.89. The average Bonchev–Trinajstić information content (AvgIpc) is 2.45. The maximum atomic E-state index is 13.0. The summed E-state index contributed by atoms with van der Waals surface area (Å²) < 4.78 is 31.5. The highest BCUT2D eigenvalue weighted by atomic mass is 19.1. The summed E-state index contributed by atoms with van der Waals surface area (Å²) in [7, 11) is 0. The molecule has 0 aliphatic carbocycles. The Morgan fingerprint density at radius 2 is 1.90 bits per heavy atom. The van der Waals surface area contributed by atoms with Crippen LogP contribution in [0.2, 0.25) is 0 Å². The minimum Gasteiger partial charge on any atom is -0.487 e. The number of aromatic nitrogens is 1. The van der Waals surface area contributed by atoms with Crippen molar-refractivity contribution in [1.29, 1.82) is 0 Å². The van der Waals surface area contributed by atoms with E-state index in [1.807, 2.05) is 13.0 Å². The molecule has 2 rings (SSSR count). The standard InChI is InChI=1S/C16H18F2N2O/c1-2-14(19)8-15-3-4-16(9-20-15)21-10-11-5-12(17)7-13(18)6-11/h3-7,9,14H,2,8,10,19H2,1H3. The third-order valence-corrected chi connectivity index (χ3v) is 3.12. The van der Waals surface area contributed by atoms with E-state index in [1.54, 1.807) is 12.3 Å². The summed E-state index contributed by atoms with van der Waals surface area (Å²) in [5.41, 5.74) is 7.20. The van der Waals surface area contributed by atoms with Crippen molar-refractivity contribution < 1.29 is 13.5 Å². The lowest BCUT2D eigenvalue weighted by atomic mass is 10.1. The SMILES string of the molecule is CCC(N)Cc1ccc(OCc2cc(F)cc(F)c2)cn1. The Hall–Kier alpha value is -2.01. The number of benzene rings is 1. The van der Waals surface area contributed by atoms with E-state index in [1.165, 1.54) is 12.1 Å². The van der Waals surface area contributed by atoms with Crippen LogP contribution in [0.15, 0.2) is 36.5 Å². The first-order valence-corrected chi connectivity index (χ1v) is 6.85. The molecule has 5 heteroatoms. The Bertz CT molecular complexity index is 567. The number of nitrogens with zero attached hydrogens (tertiary/aromatic N) is 1. The van der Waals surface area contributed by atoms with Crippen LogP contribution in [0.25, 0.3) is 0 Å². The van der Waals surface area contributed by atoms with Crippen molar-refractivity contribution in [2.75, 3.05) is 0 Å². The molecule has 0 bridgehead atoms. The van der Waals surface area contributed by atoms with Crippen LogP contribution in [0.3, 0.4) is 0 Å². The smallest absolute Gasteiger partial charge is 0.138 e. The Kier molecular flexibility index (Phi) is 5.22. The predicted octanol–water partition coefficient (Wildman–Crippen LogP) is 3.22. The monoisotopic (exact) mass is 292 g/mol. The van der Waals surface area contributed by atoms with Crippen molar-refractivity contribution in [2.24, 2.45) is 5.73 Å². The normalized spacial score (nSPS) is 12.2. The van der Waals surface area contributed by atoms with E-state index in [9.17, 15) is 8.78 Å². The van der Waals surface area contributed by atoms with Gasteiger partial charge in [0.1, 0.15) is 24.0 Å². The maximum Gasteiger partial charge on any atom is 0.138 e. The Morgan fingerprint density at radius 3 is 2.48 bits per heavy atom. The lowest BCUT2D eigenvalue weighted by molar-refractivity contribution is 0.303. The van der Waals surface area contributed by atoms with Crippen LogP contribution in [0.1, 0.15) is 24.6 Å². The van der Waals surface area contributed by atoms with Gasteiger partial charge in [0, 0.05) is 24.2 Å². The minimum absolute atomic E-state index is 0.0875. The maximum absolute atomic E-state index is 13.0. The molecule has 1 aromatic carbocycles. The molecular formula is C16H18F2N2O. The number of rotatable bonds is 6. The van der Waals surface area contributed by atoms with Crippen molar-refractivity contribution in [3.8, 4) is 5.75 Å². The summed E-state index contributed by atoms with van der Waals surface area (Å²) in [6, 6.07) is 7.03. The summed E-state index contributed by atoms with van der Waals surface area (Å²) in [4.78, 5) is 4.26. The molecule has 112 valence electrons. The van der Waals surface area contributed by atoms with Crippen molar-refractivity contribution in [3.63, 3.8) is 0 Å². The largest absolute Gasteiger partial charge is 0.487 e. The van der Waals surface area contributed by atoms with Gasteiger partial charge in [0.2, 0.25) is 0 Å². The highest BCUT2D eigenvalue weighted by Crippen LogP contribution is 2.14. The number of hydrogen-bond donors (Lipinski definition) is 1. The summed E-state index contributed by atoms with van der Waals surface area (Å²) >= 11 is 0. The molecule has 1 atom stereocenters. The van der Waals surface area contributed by atoms with Crippen LogP contribution in [-0.4, -0.2) is 11.0 Å². The first-order valence-electron chi connectivity index (χ1n) is 6.85. The Balaban J connectivity index is 1.94. The van der Waals surface area contributed by atoms with E-state index < -0.39 is 11.6 Å². The molecule has 1 aromatic heterocycles. The van der Waals surface area contributed by atoms with Crippen molar-refractivity contribution in [3.05, 3.63) is 59.4 Å². The van der Waals surface area contributed by atoms with Crippen LogP contribution in [0.5, 0.6) is 5.75 Å². The molecule has 21 heavy (non-hydrogen) atoms. The third-order valence-electron chi connectivity index (χ3n) is 3.12. The molecule has 0 saturated carbocycles. The second-order valence-corrected chi connectivity index (χ2v) is 4.92. The fraction of sp³-hybridized carbons (Fsp3) is 0.312. The molecule has 0 spiro atoms. The molecule has 2 N–H and O–H groups in total. The lowest BCUT2D eigenvalue weighted by Crippen LogP contribution is -2.21. The summed E-state index contributed by atoms with van der Waals surface area (Å²) in [6.07, 6.45) is 3.20. The molecule has 1 heterocycles. The van der Waals surface area contributed by atoms with E-state index in [0.717, 1.165) is 18.2 Å². The van der Waals surface area contributed by atoms with Gasteiger partial charge in [0.15, 0.2) is 0 Å². The van der Waals surface area contributed by atoms with E-state index >= 15 is 0 Å². The fourth-order valence-corrected chi connectivity index (χ4v) is 1.89. The highest BCUT2D eigenvalue weighted by Gasteiger charge is 2.04. The van der Waals surface area contributed by atoms with E-state index in [2.05, 4.69) is 4.98 Å².